The van der Waals surface area contributed by atoms with Gasteiger partial charge in [-0.2, -0.15) is 0 Å². The average Bonchev–Trinajstić information content (AvgIpc) is 3.15. The molecule has 5 rings (SSSR count). The van der Waals surface area contributed by atoms with Gasteiger partial charge < -0.3 is 9.73 Å². The van der Waals surface area contributed by atoms with Gasteiger partial charge in [-0.05, 0) is 69.3 Å². The van der Waals surface area contributed by atoms with Gasteiger partial charge in [0.25, 0.3) is 5.91 Å². The van der Waals surface area contributed by atoms with Crippen LogP contribution in [0.25, 0.3) is 11.3 Å². The van der Waals surface area contributed by atoms with Crippen molar-refractivity contribution >= 4 is 17.7 Å². The van der Waals surface area contributed by atoms with E-state index in [2.05, 4.69) is 35.5 Å². The van der Waals surface area contributed by atoms with E-state index in [9.17, 15) is 4.79 Å². The van der Waals surface area contributed by atoms with Crippen molar-refractivity contribution in [3.8, 4) is 11.3 Å². The summed E-state index contributed by atoms with van der Waals surface area (Å²) in [5.41, 5.74) is 1.00. The first-order valence-corrected chi connectivity index (χ1v) is 10.2. The third-order valence-electron chi connectivity index (χ3n) is 5.66. The summed E-state index contributed by atoms with van der Waals surface area (Å²) in [5, 5.41) is 3.23. The Morgan fingerprint density at radius 1 is 1.24 bits per heavy atom. The van der Waals surface area contributed by atoms with E-state index in [0.717, 1.165) is 24.4 Å². The molecule has 1 amide bonds. The molecule has 25 heavy (non-hydrogen) atoms. The van der Waals surface area contributed by atoms with Crippen molar-refractivity contribution in [1.82, 2.24) is 10.2 Å². The molecule has 0 unspecified atom stereocenters. The Morgan fingerprint density at radius 3 is 2.76 bits per heavy atom. The van der Waals surface area contributed by atoms with Crippen LogP contribution in [-0.4, -0.2) is 42.2 Å². The molecular weight excluding hydrogens is 332 g/mol. The van der Waals surface area contributed by atoms with E-state index in [-0.39, 0.29) is 11.9 Å². The minimum absolute atomic E-state index is 0.0992. The molecule has 2 aromatic rings. The topological polar surface area (TPSA) is 45.5 Å². The monoisotopic (exact) mass is 356 g/mol. The van der Waals surface area contributed by atoms with Crippen LogP contribution in [0.1, 0.15) is 30.3 Å². The predicted molar refractivity (Wildman–Crippen MR) is 101 cm³/mol. The SMILES string of the molecule is CSc1cccc(-c2ccc(C(=O)N[C@@H]3C4CCN(CC4)[C@@H]3C)o2)c1. The fourth-order valence-electron chi connectivity index (χ4n) is 4.16. The largest absolute Gasteiger partial charge is 0.451 e. The van der Waals surface area contributed by atoms with Crippen molar-refractivity contribution in [3.63, 3.8) is 0 Å². The highest BCUT2D eigenvalue weighted by atomic mass is 32.2. The second kappa shape index (κ2) is 6.89. The first-order chi connectivity index (χ1) is 12.2. The van der Waals surface area contributed by atoms with Gasteiger partial charge in [-0.15, -0.1) is 11.8 Å². The summed E-state index contributed by atoms with van der Waals surface area (Å²) in [6.07, 6.45) is 4.41. The highest BCUT2D eigenvalue weighted by Crippen LogP contribution is 2.32. The maximum Gasteiger partial charge on any atom is 0.287 e. The normalized spacial score (nSPS) is 28.1. The number of fused-ring (bicyclic) bond motifs is 3. The second-order valence-electron chi connectivity index (χ2n) is 7.01. The fourth-order valence-corrected chi connectivity index (χ4v) is 4.62. The van der Waals surface area contributed by atoms with Gasteiger partial charge in [0.2, 0.25) is 0 Å². The van der Waals surface area contributed by atoms with Crippen LogP contribution < -0.4 is 5.32 Å². The van der Waals surface area contributed by atoms with Crippen LogP contribution in [-0.2, 0) is 0 Å². The fraction of sp³-hybridized carbons (Fsp3) is 0.450. The molecule has 132 valence electrons. The molecule has 5 heteroatoms. The highest BCUT2D eigenvalue weighted by Gasteiger charge is 2.40. The zero-order chi connectivity index (χ0) is 17.4. The molecule has 0 spiro atoms. The van der Waals surface area contributed by atoms with Crippen LogP contribution in [0.2, 0.25) is 0 Å². The van der Waals surface area contributed by atoms with E-state index in [1.54, 1.807) is 17.8 Å². The van der Waals surface area contributed by atoms with Crippen LogP contribution in [0.15, 0.2) is 45.7 Å². The standard InChI is InChI=1S/C20H24N2O2S/c1-13-19(14-8-10-22(13)11-9-14)21-20(23)18-7-6-17(24-18)15-4-3-5-16(12-15)25-2/h3-7,12-14,19H,8-11H2,1-2H3,(H,21,23)/t13-,19+/m1/s1. The van der Waals surface area contributed by atoms with Gasteiger partial charge in [0.1, 0.15) is 5.76 Å². The van der Waals surface area contributed by atoms with Crippen LogP contribution in [0.4, 0.5) is 0 Å². The Morgan fingerprint density at radius 2 is 2.04 bits per heavy atom. The lowest BCUT2D eigenvalue weighted by molar-refractivity contribution is 0.0211. The van der Waals surface area contributed by atoms with E-state index in [0.29, 0.717) is 17.7 Å². The Hall–Kier alpha value is -1.72. The lowest BCUT2D eigenvalue weighted by atomic mass is 9.79. The molecule has 2 bridgehead atoms. The molecule has 2 atom stereocenters. The van der Waals surface area contributed by atoms with Gasteiger partial charge >= 0.3 is 0 Å². The Balaban J connectivity index is 1.49. The molecule has 3 fully saturated rings. The highest BCUT2D eigenvalue weighted by molar-refractivity contribution is 7.98. The van der Waals surface area contributed by atoms with Crippen LogP contribution in [0, 0.1) is 5.92 Å². The van der Waals surface area contributed by atoms with E-state index >= 15 is 0 Å². The molecule has 3 saturated heterocycles. The number of hydrogen-bond donors (Lipinski definition) is 1. The molecule has 4 nitrogen and oxygen atoms in total. The van der Waals surface area contributed by atoms with Crippen LogP contribution >= 0.6 is 11.8 Å². The Labute approximate surface area is 153 Å². The Bertz CT molecular complexity index is 763. The van der Waals surface area contributed by atoms with E-state index in [1.165, 1.54) is 17.7 Å². The number of nitrogens with one attached hydrogen (secondary N) is 1. The summed E-state index contributed by atoms with van der Waals surface area (Å²) in [7, 11) is 0. The van der Waals surface area contributed by atoms with Crippen molar-refractivity contribution < 1.29 is 9.21 Å². The Kier molecular flexibility index (Phi) is 4.61. The molecule has 3 aliphatic rings. The van der Waals surface area contributed by atoms with Gasteiger partial charge in [0.15, 0.2) is 5.76 Å². The maximum atomic E-state index is 12.7. The summed E-state index contributed by atoms with van der Waals surface area (Å²) in [6, 6.07) is 12.5. The summed E-state index contributed by atoms with van der Waals surface area (Å²) in [5.74, 6) is 1.63. The summed E-state index contributed by atoms with van der Waals surface area (Å²) in [6.45, 7) is 4.54. The molecule has 1 N–H and O–H groups in total. The van der Waals surface area contributed by atoms with Crippen molar-refractivity contribution in [1.29, 1.82) is 0 Å². The maximum absolute atomic E-state index is 12.7. The number of rotatable bonds is 4. The number of benzene rings is 1. The molecule has 0 aliphatic carbocycles. The number of piperidine rings is 3. The number of hydrogen-bond acceptors (Lipinski definition) is 4. The lowest BCUT2D eigenvalue weighted by Crippen LogP contribution is -2.62. The van der Waals surface area contributed by atoms with Crippen molar-refractivity contribution in [3.05, 3.63) is 42.2 Å². The predicted octanol–water partition coefficient (Wildman–Crippen LogP) is 3.88. The van der Waals surface area contributed by atoms with Gasteiger partial charge in [-0.3, -0.25) is 9.69 Å². The van der Waals surface area contributed by atoms with Gasteiger partial charge in [-0.25, -0.2) is 0 Å². The number of thioether (sulfide) groups is 1. The van der Waals surface area contributed by atoms with Crippen molar-refractivity contribution in [2.75, 3.05) is 19.3 Å². The third-order valence-corrected chi connectivity index (χ3v) is 6.38. The zero-order valence-electron chi connectivity index (χ0n) is 14.7. The van der Waals surface area contributed by atoms with Gasteiger partial charge in [0.05, 0.1) is 0 Å². The first-order valence-electron chi connectivity index (χ1n) is 8.95. The minimum atomic E-state index is -0.0992. The molecule has 3 aliphatic heterocycles. The lowest BCUT2D eigenvalue weighted by Gasteiger charge is -2.49. The molecule has 1 aromatic carbocycles. The van der Waals surface area contributed by atoms with E-state index in [4.69, 9.17) is 4.42 Å². The molecular formula is C20H24N2O2S. The summed E-state index contributed by atoms with van der Waals surface area (Å²) in [4.78, 5) is 16.3. The number of nitrogens with zero attached hydrogens (tertiary/aromatic N) is 1. The van der Waals surface area contributed by atoms with Gasteiger partial charge in [-0.1, -0.05) is 12.1 Å². The quantitative estimate of drug-likeness (QED) is 0.845. The number of carbonyl (C=O) groups is 1. The zero-order valence-corrected chi connectivity index (χ0v) is 15.5. The molecule has 1 aromatic heterocycles. The van der Waals surface area contributed by atoms with E-state index in [1.807, 2.05) is 18.2 Å². The molecule has 4 heterocycles. The number of amides is 1. The first kappa shape index (κ1) is 16.7. The average molecular weight is 356 g/mol. The van der Waals surface area contributed by atoms with Crippen LogP contribution in [0.5, 0.6) is 0 Å². The van der Waals surface area contributed by atoms with Gasteiger partial charge in [0, 0.05) is 22.5 Å². The number of carbonyl (C=O) groups excluding carboxylic acids is 1. The van der Waals surface area contributed by atoms with Crippen molar-refractivity contribution in [2.45, 2.75) is 36.7 Å². The molecule has 0 radical (unpaired) electrons. The van der Waals surface area contributed by atoms with E-state index < -0.39 is 0 Å². The summed E-state index contributed by atoms with van der Waals surface area (Å²) >= 11 is 1.70. The van der Waals surface area contributed by atoms with Crippen LogP contribution in [0.3, 0.4) is 0 Å². The smallest absolute Gasteiger partial charge is 0.287 e. The summed E-state index contributed by atoms with van der Waals surface area (Å²) < 4.78 is 5.85. The third kappa shape index (κ3) is 3.23. The van der Waals surface area contributed by atoms with Crippen molar-refractivity contribution in [2.24, 2.45) is 5.92 Å². The molecule has 0 saturated carbocycles. The minimum Gasteiger partial charge on any atom is -0.451 e. The number of furan rings is 1. The second-order valence-corrected chi connectivity index (χ2v) is 7.89.